The Bertz CT molecular complexity index is 847. The number of alkyl halides is 3. The average molecular weight is 373 g/mol. The second-order valence-electron chi connectivity index (χ2n) is 5.87. The van der Waals surface area contributed by atoms with Crippen LogP contribution in [-0.4, -0.2) is 55.1 Å². The van der Waals surface area contributed by atoms with Gasteiger partial charge in [0, 0.05) is 31.4 Å². The molecule has 1 amide bonds. The molecule has 0 fully saturated rings. The number of carboxylic acid groups (broad SMARTS) is 1. The van der Waals surface area contributed by atoms with Gasteiger partial charge in [-0.15, -0.1) is 5.10 Å². The van der Waals surface area contributed by atoms with Crippen molar-refractivity contribution in [2.24, 2.45) is 0 Å². The Balaban J connectivity index is 2.19. The zero-order chi connectivity index (χ0) is 19.6. The minimum atomic E-state index is -4.67. The van der Waals surface area contributed by atoms with E-state index in [1.165, 1.54) is 11.9 Å². The summed E-state index contributed by atoms with van der Waals surface area (Å²) in [7, 11) is 1.50. The first-order valence-corrected chi connectivity index (χ1v) is 7.76. The third-order valence-corrected chi connectivity index (χ3v) is 3.98. The Labute approximate surface area is 146 Å². The van der Waals surface area contributed by atoms with Gasteiger partial charge in [-0.05, 0) is 25.8 Å². The molecule has 142 valence electrons. The van der Waals surface area contributed by atoms with Crippen LogP contribution in [0.5, 0.6) is 0 Å². The summed E-state index contributed by atoms with van der Waals surface area (Å²) in [6.07, 6.45) is -4.51. The topological polar surface area (TPSA) is 101 Å². The highest BCUT2D eigenvalue weighted by Gasteiger charge is 2.37. The maximum Gasteiger partial charge on any atom is 0.453 e. The zero-order valence-corrected chi connectivity index (χ0v) is 14.5. The van der Waals surface area contributed by atoms with Crippen LogP contribution in [0.15, 0.2) is 0 Å². The van der Waals surface area contributed by atoms with Gasteiger partial charge in [0.1, 0.15) is 0 Å². The lowest BCUT2D eigenvalue weighted by molar-refractivity contribution is -0.144. The van der Waals surface area contributed by atoms with Gasteiger partial charge >= 0.3 is 12.1 Å². The molecule has 0 bridgehead atoms. The second-order valence-corrected chi connectivity index (χ2v) is 5.87. The van der Waals surface area contributed by atoms with Crippen LogP contribution in [0.3, 0.4) is 0 Å². The van der Waals surface area contributed by atoms with E-state index in [-0.39, 0.29) is 37.5 Å². The fraction of sp³-hybridized carbons (Fsp3) is 0.533. The lowest BCUT2D eigenvalue weighted by Gasteiger charge is -2.17. The minimum absolute atomic E-state index is 0.0752. The van der Waals surface area contributed by atoms with Crippen LogP contribution in [0.2, 0.25) is 0 Å². The fourth-order valence-corrected chi connectivity index (χ4v) is 2.50. The SMILES string of the molecule is Cc1nc2nc(C(F)(F)F)nn2c(C)c1CCC(=O)N(C)CCC(=O)O. The monoisotopic (exact) mass is 373 g/mol. The summed E-state index contributed by atoms with van der Waals surface area (Å²) in [5.74, 6) is -2.69. The van der Waals surface area contributed by atoms with Crippen LogP contribution in [-0.2, 0) is 22.2 Å². The number of amides is 1. The lowest BCUT2D eigenvalue weighted by Crippen LogP contribution is -2.29. The van der Waals surface area contributed by atoms with Gasteiger partial charge in [0.25, 0.3) is 11.6 Å². The van der Waals surface area contributed by atoms with Crippen molar-refractivity contribution >= 4 is 17.7 Å². The molecule has 0 spiro atoms. The molecule has 0 aliphatic rings. The molecule has 0 atom stereocenters. The number of aryl methyl sites for hydroxylation is 2. The molecule has 0 saturated heterocycles. The molecule has 0 unspecified atom stereocenters. The number of hydrogen-bond donors (Lipinski definition) is 1. The number of rotatable bonds is 6. The van der Waals surface area contributed by atoms with E-state index in [0.717, 1.165) is 4.52 Å². The number of halogens is 3. The van der Waals surface area contributed by atoms with Crippen molar-refractivity contribution in [3.63, 3.8) is 0 Å². The van der Waals surface area contributed by atoms with E-state index in [4.69, 9.17) is 5.11 Å². The second kappa shape index (κ2) is 7.26. The Morgan fingerprint density at radius 3 is 2.42 bits per heavy atom. The smallest absolute Gasteiger partial charge is 0.453 e. The van der Waals surface area contributed by atoms with Crippen molar-refractivity contribution in [2.75, 3.05) is 13.6 Å². The Morgan fingerprint density at radius 1 is 1.19 bits per heavy atom. The van der Waals surface area contributed by atoms with Crippen LogP contribution in [0.25, 0.3) is 5.78 Å². The molecule has 2 heterocycles. The van der Waals surface area contributed by atoms with Crippen LogP contribution < -0.4 is 0 Å². The van der Waals surface area contributed by atoms with Gasteiger partial charge in [-0.25, -0.2) is 9.50 Å². The van der Waals surface area contributed by atoms with E-state index in [2.05, 4.69) is 15.1 Å². The third-order valence-electron chi connectivity index (χ3n) is 3.98. The largest absolute Gasteiger partial charge is 0.481 e. The van der Waals surface area contributed by atoms with Gasteiger partial charge in [-0.1, -0.05) is 0 Å². The molecule has 0 aromatic carbocycles. The summed E-state index contributed by atoms with van der Waals surface area (Å²) in [4.78, 5) is 31.4. The van der Waals surface area contributed by atoms with Gasteiger partial charge in [0.15, 0.2) is 0 Å². The summed E-state index contributed by atoms with van der Waals surface area (Å²) in [5.41, 5.74) is 1.50. The Morgan fingerprint density at radius 2 is 1.85 bits per heavy atom. The molecule has 11 heteroatoms. The molecular formula is C15H18F3N5O3. The van der Waals surface area contributed by atoms with Crippen molar-refractivity contribution in [1.29, 1.82) is 0 Å². The van der Waals surface area contributed by atoms with E-state index in [1.54, 1.807) is 13.8 Å². The highest BCUT2D eigenvalue weighted by Crippen LogP contribution is 2.27. The highest BCUT2D eigenvalue weighted by atomic mass is 19.4. The van der Waals surface area contributed by atoms with E-state index < -0.39 is 18.0 Å². The minimum Gasteiger partial charge on any atom is -0.481 e. The summed E-state index contributed by atoms with van der Waals surface area (Å²) in [5, 5.41) is 12.1. The Kier molecular flexibility index (Phi) is 5.47. The molecule has 1 N–H and O–H groups in total. The van der Waals surface area contributed by atoms with Gasteiger partial charge in [0.2, 0.25) is 5.91 Å². The number of aliphatic carboxylic acids is 1. The Hall–Kier alpha value is -2.72. The van der Waals surface area contributed by atoms with Gasteiger partial charge in [0.05, 0.1) is 6.42 Å². The van der Waals surface area contributed by atoms with Crippen molar-refractivity contribution < 1.29 is 27.9 Å². The van der Waals surface area contributed by atoms with Gasteiger partial charge in [-0.2, -0.15) is 18.2 Å². The maximum absolute atomic E-state index is 12.8. The van der Waals surface area contributed by atoms with Gasteiger partial charge < -0.3 is 10.0 Å². The van der Waals surface area contributed by atoms with Crippen LogP contribution in [0, 0.1) is 13.8 Å². The summed E-state index contributed by atoms with van der Waals surface area (Å²) in [6.45, 7) is 3.30. The number of nitrogens with zero attached hydrogens (tertiary/aromatic N) is 5. The van der Waals surface area contributed by atoms with E-state index in [0.29, 0.717) is 17.0 Å². The molecule has 26 heavy (non-hydrogen) atoms. The summed E-state index contributed by atoms with van der Waals surface area (Å²) >= 11 is 0. The van der Waals surface area contributed by atoms with Crippen LogP contribution in [0.4, 0.5) is 13.2 Å². The van der Waals surface area contributed by atoms with Crippen molar-refractivity contribution in [3.05, 3.63) is 22.8 Å². The van der Waals surface area contributed by atoms with E-state index in [1.807, 2.05) is 0 Å². The molecule has 2 aromatic heterocycles. The fourth-order valence-electron chi connectivity index (χ4n) is 2.50. The number of aromatic nitrogens is 4. The molecular weight excluding hydrogens is 355 g/mol. The number of carbonyl (C=O) groups is 2. The molecule has 0 saturated carbocycles. The van der Waals surface area contributed by atoms with Crippen molar-refractivity contribution in [3.8, 4) is 0 Å². The number of carbonyl (C=O) groups excluding carboxylic acids is 1. The zero-order valence-electron chi connectivity index (χ0n) is 14.5. The summed E-state index contributed by atoms with van der Waals surface area (Å²) < 4.78 is 39.3. The van der Waals surface area contributed by atoms with Crippen molar-refractivity contribution in [1.82, 2.24) is 24.5 Å². The molecule has 0 aliphatic carbocycles. The first kappa shape index (κ1) is 19.6. The standard InChI is InChI=1S/C15H18F3N5O3/c1-8-10(4-5-11(24)22(3)7-6-12(25)26)9(2)23-14(19-8)20-13(21-23)15(16,17)18/h4-7H2,1-3H3,(H,25,26). The highest BCUT2D eigenvalue weighted by molar-refractivity contribution is 5.77. The predicted molar refractivity (Wildman–Crippen MR) is 83.5 cm³/mol. The predicted octanol–water partition coefficient (Wildman–Crippen LogP) is 1.63. The van der Waals surface area contributed by atoms with Crippen LogP contribution in [0.1, 0.15) is 35.6 Å². The normalized spacial score (nSPS) is 11.8. The first-order valence-electron chi connectivity index (χ1n) is 7.76. The number of fused-ring (bicyclic) bond motifs is 1. The van der Waals surface area contributed by atoms with Crippen LogP contribution >= 0.6 is 0 Å². The molecule has 0 aliphatic heterocycles. The van der Waals surface area contributed by atoms with E-state index in [9.17, 15) is 22.8 Å². The molecule has 0 radical (unpaired) electrons. The molecule has 2 rings (SSSR count). The van der Waals surface area contributed by atoms with E-state index >= 15 is 0 Å². The molecule has 8 nitrogen and oxygen atoms in total. The van der Waals surface area contributed by atoms with Crippen molar-refractivity contribution in [2.45, 2.75) is 39.3 Å². The lowest BCUT2D eigenvalue weighted by atomic mass is 10.1. The maximum atomic E-state index is 12.8. The van der Waals surface area contributed by atoms with Gasteiger partial charge in [-0.3, -0.25) is 9.59 Å². The number of carboxylic acids is 1. The summed E-state index contributed by atoms with van der Waals surface area (Å²) in [6, 6.07) is 0. The third kappa shape index (κ3) is 4.27. The number of hydrogen-bond acceptors (Lipinski definition) is 5. The average Bonchev–Trinajstić information content (AvgIpc) is 2.96. The quantitative estimate of drug-likeness (QED) is 0.826. The molecule has 2 aromatic rings. The first-order chi connectivity index (χ1) is 12.0.